The number of fused-ring (bicyclic) bond motifs is 1. The number of anilines is 1. The Bertz CT molecular complexity index is 1980. The molecule has 5 aromatic rings. The Morgan fingerprint density at radius 2 is 1.63 bits per heavy atom. The minimum atomic E-state index is -3.98. The second-order valence-electron chi connectivity index (χ2n) is 8.85. The van der Waals surface area contributed by atoms with E-state index in [9.17, 15) is 18.0 Å². The van der Waals surface area contributed by atoms with E-state index in [1.807, 2.05) is 24.3 Å². The van der Waals surface area contributed by atoms with Gasteiger partial charge in [-0.15, -0.1) is 11.3 Å². The van der Waals surface area contributed by atoms with Crippen LogP contribution in [0.1, 0.15) is 25.6 Å². The summed E-state index contributed by atoms with van der Waals surface area (Å²) >= 11 is 13.5. The summed E-state index contributed by atoms with van der Waals surface area (Å²) in [5.74, 6) is -0.848. The first-order chi connectivity index (χ1) is 20.7. The molecular weight excluding hydrogens is 633 g/mol. The van der Waals surface area contributed by atoms with Crippen molar-refractivity contribution in [3.05, 3.63) is 117 Å². The molecule has 0 radical (unpaired) electrons. The lowest BCUT2D eigenvalue weighted by Gasteiger charge is -2.12. The number of methoxy groups -OCH3 is 1. The van der Waals surface area contributed by atoms with Crippen molar-refractivity contribution in [2.75, 3.05) is 11.8 Å². The molecule has 218 valence electrons. The molecule has 1 aromatic heterocycles. The van der Waals surface area contributed by atoms with E-state index in [-0.39, 0.29) is 32.5 Å². The van der Waals surface area contributed by atoms with Crippen molar-refractivity contribution in [2.45, 2.75) is 4.90 Å². The quantitative estimate of drug-likeness (QED) is 0.0764. The number of amides is 1. The Kier molecular flexibility index (Phi) is 8.97. The fourth-order valence-corrected chi connectivity index (χ4v) is 6.54. The summed E-state index contributed by atoms with van der Waals surface area (Å²) < 4.78 is 39.9. The summed E-state index contributed by atoms with van der Waals surface area (Å²) in [4.78, 5) is 26.0. The van der Waals surface area contributed by atoms with Crippen molar-refractivity contribution in [1.29, 1.82) is 0 Å². The SMILES string of the molecule is COc1cc(/C=N/NC(=O)c2ccccc2NS(=O)(=O)c2ccc(Cl)cc2)ccc1OC(=O)c1sc2ccccc2c1Cl. The van der Waals surface area contributed by atoms with Crippen LogP contribution in [0.3, 0.4) is 0 Å². The van der Waals surface area contributed by atoms with Gasteiger partial charge in [-0.2, -0.15) is 5.10 Å². The third-order valence-corrected chi connectivity index (χ3v) is 9.32. The Hall–Kier alpha value is -4.42. The number of thiophene rings is 1. The van der Waals surface area contributed by atoms with Crippen LogP contribution < -0.4 is 19.6 Å². The number of ether oxygens (including phenoxy) is 2. The van der Waals surface area contributed by atoms with E-state index >= 15 is 0 Å². The van der Waals surface area contributed by atoms with E-state index in [4.69, 9.17) is 32.7 Å². The monoisotopic (exact) mass is 653 g/mol. The average Bonchev–Trinajstić information content (AvgIpc) is 3.34. The number of nitrogens with one attached hydrogen (secondary N) is 2. The molecule has 0 spiro atoms. The van der Waals surface area contributed by atoms with Gasteiger partial charge < -0.3 is 9.47 Å². The molecule has 0 unspecified atom stereocenters. The zero-order chi connectivity index (χ0) is 30.6. The predicted octanol–water partition coefficient (Wildman–Crippen LogP) is 7.00. The number of hydrogen-bond donors (Lipinski definition) is 2. The highest BCUT2D eigenvalue weighted by Crippen LogP contribution is 2.37. The van der Waals surface area contributed by atoms with Crippen molar-refractivity contribution in [2.24, 2.45) is 5.10 Å². The molecule has 0 aliphatic carbocycles. The van der Waals surface area contributed by atoms with Gasteiger partial charge >= 0.3 is 5.97 Å². The molecule has 0 saturated carbocycles. The molecule has 0 atom stereocenters. The lowest BCUT2D eigenvalue weighted by atomic mass is 10.2. The third kappa shape index (κ3) is 6.81. The maximum Gasteiger partial charge on any atom is 0.355 e. The van der Waals surface area contributed by atoms with Gasteiger partial charge in [-0.05, 0) is 66.2 Å². The number of carbonyl (C=O) groups is 2. The van der Waals surface area contributed by atoms with Gasteiger partial charge in [0.2, 0.25) is 0 Å². The van der Waals surface area contributed by atoms with Gasteiger partial charge in [0, 0.05) is 15.1 Å². The Morgan fingerprint density at radius 1 is 0.907 bits per heavy atom. The van der Waals surface area contributed by atoms with Crippen LogP contribution in [0.15, 0.2) is 101 Å². The zero-order valence-electron chi connectivity index (χ0n) is 22.2. The van der Waals surface area contributed by atoms with Crippen LogP contribution in [0.4, 0.5) is 5.69 Å². The predicted molar refractivity (Wildman–Crippen MR) is 169 cm³/mol. The lowest BCUT2D eigenvalue weighted by Crippen LogP contribution is -2.21. The third-order valence-electron chi connectivity index (χ3n) is 6.03. The van der Waals surface area contributed by atoms with Crippen LogP contribution in [0.5, 0.6) is 11.5 Å². The number of carbonyl (C=O) groups excluding carboxylic acids is 2. The molecule has 5 rings (SSSR count). The summed E-state index contributed by atoms with van der Waals surface area (Å²) in [6.45, 7) is 0. The van der Waals surface area contributed by atoms with Crippen LogP contribution in [-0.2, 0) is 10.0 Å². The zero-order valence-corrected chi connectivity index (χ0v) is 25.4. The minimum absolute atomic E-state index is 0.0138. The number of para-hydroxylation sites is 1. The van der Waals surface area contributed by atoms with Gasteiger partial charge in [-0.1, -0.05) is 53.5 Å². The fraction of sp³-hybridized carbons (Fsp3) is 0.0333. The number of halogens is 2. The van der Waals surface area contributed by atoms with E-state index in [1.165, 1.54) is 67.1 Å². The minimum Gasteiger partial charge on any atom is -0.493 e. The molecule has 1 amide bonds. The van der Waals surface area contributed by atoms with Crippen LogP contribution in [-0.4, -0.2) is 33.6 Å². The lowest BCUT2D eigenvalue weighted by molar-refractivity contribution is 0.0734. The number of benzene rings is 4. The van der Waals surface area contributed by atoms with Gasteiger partial charge in [-0.25, -0.2) is 18.6 Å². The first-order valence-electron chi connectivity index (χ1n) is 12.4. The molecule has 0 aliphatic rings. The molecule has 4 aromatic carbocycles. The van der Waals surface area contributed by atoms with Crippen molar-refractivity contribution in [3.8, 4) is 11.5 Å². The molecule has 2 N–H and O–H groups in total. The van der Waals surface area contributed by atoms with Crippen molar-refractivity contribution in [1.82, 2.24) is 5.43 Å². The van der Waals surface area contributed by atoms with Crippen LogP contribution in [0.25, 0.3) is 10.1 Å². The van der Waals surface area contributed by atoms with Gasteiger partial charge in [-0.3, -0.25) is 9.52 Å². The van der Waals surface area contributed by atoms with Gasteiger partial charge in [0.05, 0.1) is 34.5 Å². The summed E-state index contributed by atoms with van der Waals surface area (Å²) in [6.07, 6.45) is 1.36. The molecule has 9 nitrogen and oxygen atoms in total. The van der Waals surface area contributed by atoms with E-state index < -0.39 is 21.9 Å². The highest BCUT2D eigenvalue weighted by Gasteiger charge is 2.21. The first kappa shape index (κ1) is 30.1. The van der Waals surface area contributed by atoms with Crippen molar-refractivity contribution >= 4 is 78.4 Å². The van der Waals surface area contributed by atoms with E-state index in [1.54, 1.807) is 24.3 Å². The smallest absolute Gasteiger partial charge is 0.355 e. The number of nitrogens with zero attached hydrogens (tertiary/aromatic N) is 1. The Labute approximate surface area is 260 Å². The molecule has 1 heterocycles. The Morgan fingerprint density at radius 3 is 2.37 bits per heavy atom. The largest absolute Gasteiger partial charge is 0.493 e. The Balaban J connectivity index is 1.27. The van der Waals surface area contributed by atoms with Crippen molar-refractivity contribution in [3.63, 3.8) is 0 Å². The molecule has 13 heteroatoms. The van der Waals surface area contributed by atoms with E-state index in [2.05, 4.69) is 15.2 Å². The van der Waals surface area contributed by atoms with Gasteiger partial charge in [0.1, 0.15) is 4.88 Å². The average molecular weight is 655 g/mol. The van der Waals surface area contributed by atoms with Crippen LogP contribution in [0.2, 0.25) is 10.0 Å². The van der Waals surface area contributed by atoms with Gasteiger partial charge in [0.15, 0.2) is 11.5 Å². The second kappa shape index (κ2) is 12.8. The molecule has 0 saturated heterocycles. The van der Waals surface area contributed by atoms with Crippen molar-refractivity contribution < 1.29 is 27.5 Å². The van der Waals surface area contributed by atoms with E-state index in [0.29, 0.717) is 15.6 Å². The summed E-state index contributed by atoms with van der Waals surface area (Å²) in [5.41, 5.74) is 3.03. The van der Waals surface area contributed by atoms with Gasteiger partial charge in [0.25, 0.3) is 15.9 Å². The maximum absolute atomic E-state index is 12.9. The topological polar surface area (TPSA) is 123 Å². The van der Waals surface area contributed by atoms with Crippen LogP contribution >= 0.6 is 34.5 Å². The maximum atomic E-state index is 12.9. The number of sulfonamides is 1. The molecule has 0 fully saturated rings. The second-order valence-corrected chi connectivity index (χ2v) is 12.4. The number of rotatable bonds is 9. The van der Waals surface area contributed by atoms with E-state index in [0.717, 1.165) is 10.1 Å². The normalized spacial score (nSPS) is 11.4. The molecular formula is C30H21Cl2N3O6S2. The first-order valence-corrected chi connectivity index (χ1v) is 15.5. The number of hydrogen-bond acceptors (Lipinski definition) is 8. The number of esters is 1. The fourth-order valence-electron chi connectivity index (χ4n) is 3.95. The summed E-state index contributed by atoms with van der Waals surface area (Å²) in [6, 6.07) is 23.8. The number of hydrazone groups is 1. The highest BCUT2D eigenvalue weighted by atomic mass is 35.5. The standard InChI is InChI=1S/C30H21Cl2N3O6S2/c1-40-25-16-18(10-15-24(25)41-30(37)28-27(32)22-7-3-5-9-26(22)42-28)17-33-34-29(36)21-6-2-4-8-23(21)35-43(38,39)20-13-11-19(31)12-14-20/h2-17,35H,1H3,(H,34,36)/b33-17+. The molecule has 0 bridgehead atoms. The molecule has 0 aliphatic heterocycles. The highest BCUT2D eigenvalue weighted by molar-refractivity contribution is 7.92. The molecule has 43 heavy (non-hydrogen) atoms. The van der Waals surface area contributed by atoms with Crippen LogP contribution in [0, 0.1) is 0 Å². The summed E-state index contributed by atoms with van der Waals surface area (Å²) in [7, 11) is -2.56. The summed E-state index contributed by atoms with van der Waals surface area (Å²) in [5, 5.41) is 5.46.